The lowest BCUT2D eigenvalue weighted by atomic mass is 9.35. The van der Waals surface area contributed by atoms with Crippen molar-refractivity contribution in [3.63, 3.8) is 0 Å². The van der Waals surface area contributed by atoms with E-state index in [9.17, 15) is 35.4 Å². The Morgan fingerprint density at radius 2 is 1.82 bits per heavy atom. The normalized spacial score (nSPS) is 61.8. The first-order chi connectivity index (χ1) is 12.9. The fraction of sp³-hybridized carbons (Fsp3) is 0.950. The molecule has 0 amide bonds. The van der Waals surface area contributed by atoms with E-state index >= 15 is 0 Å². The van der Waals surface area contributed by atoms with Crippen LogP contribution in [0.5, 0.6) is 0 Å². The Morgan fingerprint density at radius 1 is 1.14 bits per heavy atom. The zero-order valence-corrected chi connectivity index (χ0v) is 16.2. The molecule has 6 aliphatic rings. The highest BCUT2D eigenvalue weighted by atomic mass is 16.6. The quantitative estimate of drug-likeness (QED) is 0.314. The summed E-state index contributed by atoms with van der Waals surface area (Å²) in [6.45, 7) is 3.02. The van der Waals surface area contributed by atoms with Crippen LogP contribution >= 0.6 is 0 Å². The maximum Gasteiger partial charge on any atom is 0.205 e. The molecule has 4 bridgehead atoms. The summed E-state index contributed by atoms with van der Waals surface area (Å²) in [4.78, 5) is 13.6. The molecule has 6 N–H and O–H groups in total. The summed E-state index contributed by atoms with van der Waals surface area (Å²) >= 11 is 0. The second-order valence-corrected chi connectivity index (χ2v) is 10.6. The lowest BCUT2D eigenvalue weighted by Crippen LogP contribution is -2.85. The minimum absolute atomic E-state index is 0.000200. The van der Waals surface area contributed by atoms with Crippen LogP contribution in [0.1, 0.15) is 39.5 Å². The van der Waals surface area contributed by atoms with Gasteiger partial charge in [-0.1, -0.05) is 13.8 Å². The Morgan fingerprint density at radius 3 is 2.46 bits per heavy atom. The summed E-state index contributed by atoms with van der Waals surface area (Å²) in [5.41, 5.74) is -5.45. The highest BCUT2D eigenvalue weighted by Crippen LogP contribution is 2.76. The minimum atomic E-state index is -2.28. The van der Waals surface area contributed by atoms with E-state index in [1.165, 1.54) is 0 Å². The van der Waals surface area contributed by atoms with Crippen molar-refractivity contribution in [3.05, 3.63) is 0 Å². The summed E-state index contributed by atoms with van der Waals surface area (Å²) < 4.78 is 5.77. The summed E-state index contributed by atoms with van der Waals surface area (Å²) in [5.74, 6) is -5.27. The van der Waals surface area contributed by atoms with Crippen LogP contribution in [0.3, 0.4) is 0 Å². The summed E-state index contributed by atoms with van der Waals surface area (Å²) in [6.07, 6.45) is -2.31. The minimum Gasteiger partial charge on any atom is -0.393 e. The number of carbonyl (C=O) groups excluding carboxylic acids is 1. The number of ether oxygens (including phenoxy) is 1. The zero-order valence-electron chi connectivity index (χ0n) is 16.2. The molecule has 2 saturated heterocycles. The van der Waals surface area contributed by atoms with Crippen molar-refractivity contribution in [2.45, 2.75) is 69.2 Å². The van der Waals surface area contributed by atoms with Crippen LogP contribution in [0.25, 0.3) is 0 Å². The highest BCUT2D eigenvalue weighted by Gasteiger charge is 2.88. The Kier molecular flexibility index (Phi) is 3.57. The van der Waals surface area contributed by atoms with Crippen molar-refractivity contribution in [2.24, 2.45) is 34.0 Å². The largest absolute Gasteiger partial charge is 0.393 e. The van der Waals surface area contributed by atoms with Crippen molar-refractivity contribution in [1.29, 1.82) is 0 Å². The van der Waals surface area contributed by atoms with Crippen LogP contribution in [0.15, 0.2) is 0 Å². The van der Waals surface area contributed by atoms with Gasteiger partial charge in [0.1, 0.15) is 11.7 Å². The number of fused-ring (bicyclic) bond motifs is 2. The summed E-state index contributed by atoms with van der Waals surface area (Å²) in [6, 6.07) is 0. The van der Waals surface area contributed by atoms with Gasteiger partial charge in [0.2, 0.25) is 5.79 Å². The van der Waals surface area contributed by atoms with Crippen molar-refractivity contribution in [3.8, 4) is 0 Å². The summed E-state index contributed by atoms with van der Waals surface area (Å²) in [5, 5.41) is 66.1. The van der Waals surface area contributed by atoms with E-state index < -0.39 is 76.1 Å². The molecule has 0 aromatic carbocycles. The molecule has 2 aliphatic heterocycles. The van der Waals surface area contributed by atoms with E-state index in [4.69, 9.17) is 4.74 Å². The van der Waals surface area contributed by atoms with Gasteiger partial charge in [0.05, 0.1) is 30.8 Å². The van der Waals surface area contributed by atoms with Gasteiger partial charge in [0.25, 0.3) is 0 Å². The van der Waals surface area contributed by atoms with Gasteiger partial charge in [-0.25, -0.2) is 0 Å². The number of aliphatic hydroxyl groups is 6. The molecule has 158 valence electrons. The van der Waals surface area contributed by atoms with Crippen molar-refractivity contribution in [2.75, 3.05) is 13.2 Å². The number of carbonyl (C=O) groups is 1. The smallest absolute Gasteiger partial charge is 0.205 e. The fourth-order valence-corrected chi connectivity index (χ4v) is 8.28. The second kappa shape index (κ2) is 5.17. The van der Waals surface area contributed by atoms with Gasteiger partial charge < -0.3 is 35.4 Å². The average molecular weight is 398 g/mol. The van der Waals surface area contributed by atoms with Crippen LogP contribution in [-0.2, 0) is 9.53 Å². The molecule has 0 radical (unpaired) electrons. The topological polar surface area (TPSA) is 148 Å². The van der Waals surface area contributed by atoms with E-state index in [1.807, 2.05) is 13.8 Å². The SMILES string of the molecule is CC1(C)CC[C@H](O)[C@]23CO[C@](O)([C@@H](O)[C@H]12)[C@@]12C[C@@H](C[C@H](O)[C@@H]31)[C@@](O)(CO)C2=O. The molecular weight excluding hydrogens is 368 g/mol. The van der Waals surface area contributed by atoms with Gasteiger partial charge in [0, 0.05) is 23.2 Å². The third kappa shape index (κ3) is 1.66. The maximum atomic E-state index is 13.6. The van der Waals surface area contributed by atoms with Gasteiger partial charge in [-0.3, -0.25) is 4.79 Å². The van der Waals surface area contributed by atoms with Crippen molar-refractivity contribution in [1.82, 2.24) is 0 Å². The molecule has 0 aromatic rings. The first-order valence-electron chi connectivity index (χ1n) is 10.2. The Balaban J connectivity index is 1.80. The maximum absolute atomic E-state index is 13.6. The van der Waals surface area contributed by atoms with Crippen LogP contribution in [-0.4, -0.2) is 79.3 Å². The molecular formula is C20H30O8. The lowest BCUT2D eigenvalue weighted by Gasteiger charge is -2.74. The number of rotatable bonds is 1. The molecule has 10 atom stereocenters. The van der Waals surface area contributed by atoms with Gasteiger partial charge in [-0.15, -0.1) is 0 Å². The molecule has 2 heterocycles. The molecule has 4 aliphatic carbocycles. The zero-order chi connectivity index (χ0) is 20.5. The molecule has 6 fully saturated rings. The highest BCUT2D eigenvalue weighted by molar-refractivity contribution is 5.97. The van der Waals surface area contributed by atoms with E-state index in [2.05, 4.69) is 0 Å². The van der Waals surface area contributed by atoms with Crippen LogP contribution in [0.2, 0.25) is 0 Å². The van der Waals surface area contributed by atoms with Gasteiger partial charge >= 0.3 is 0 Å². The van der Waals surface area contributed by atoms with Crippen molar-refractivity contribution >= 4 is 5.78 Å². The number of ketones is 1. The van der Waals surface area contributed by atoms with E-state index in [1.54, 1.807) is 0 Å². The predicted molar refractivity (Wildman–Crippen MR) is 93.5 cm³/mol. The molecule has 6 rings (SSSR count). The Bertz CT molecular complexity index is 740. The third-order valence-corrected chi connectivity index (χ3v) is 9.31. The van der Waals surface area contributed by atoms with Gasteiger partial charge in [0.15, 0.2) is 5.78 Å². The molecule has 8 heteroatoms. The van der Waals surface area contributed by atoms with Crippen LogP contribution in [0, 0.1) is 34.0 Å². The van der Waals surface area contributed by atoms with Crippen molar-refractivity contribution < 1.29 is 40.2 Å². The molecule has 28 heavy (non-hydrogen) atoms. The van der Waals surface area contributed by atoms with E-state index in [-0.39, 0.29) is 19.4 Å². The number of hydrogen-bond donors (Lipinski definition) is 6. The predicted octanol–water partition coefficient (Wildman–Crippen LogP) is -1.46. The number of hydrogen-bond acceptors (Lipinski definition) is 8. The van der Waals surface area contributed by atoms with Crippen LogP contribution in [0.4, 0.5) is 0 Å². The number of Topliss-reactive ketones (excluding diaryl/α,β-unsaturated/α-hetero) is 1. The third-order valence-electron chi connectivity index (χ3n) is 9.31. The molecule has 0 aromatic heterocycles. The van der Waals surface area contributed by atoms with Gasteiger partial charge in [-0.05, 0) is 31.1 Å². The Labute approximate surface area is 163 Å². The van der Waals surface area contributed by atoms with Crippen LogP contribution < -0.4 is 0 Å². The molecule has 2 spiro atoms. The lowest BCUT2D eigenvalue weighted by molar-refractivity contribution is -0.455. The first-order valence-corrected chi connectivity index (χ1v) is 10.2. The second-order valence-electron chi connectivity index (χ2n) is 10.6. The number of aliphatic hydroxyl groups excluding tert-OH is 4. The molecule has 8 nitrogen and oxygen atoms in total. The Hall–Kier alpha value is -0.610. The monoisotopic (exact) mass is 398 g/mol. The molecule has 4 saturated carbocycles. The summed E-state index contributed by atoms with van der Waals surface area (Å²) in [7, 11) is 0. The average Bonchev–Trinajstić information content (AvgIpc) is 2.81. The van der Waals surface area contributed by atoms with E-state index in [0.717, 1.165) is 0 Å². The van der Waals surface area contributed by atoms with Gasteiger partial charge in [-0.2, -0.15) is 0 Å². The fourth-order valence-electron chi connectivity index (χ4n) is 8.28. The molecule has 0 unspecified atom stereocenters. The van der Waals surface area contributed by atoms with E-state index in [0.29, 0.717) is 12.8 Å². The first kappa shape index (κ1) is 19.4. The standard InChI is InChI=1S/C20H30O8/c1-16(2)4-3-11(23)17-8-28-20(27,14(24)13(16)17)18-6-9(5-10(22)12(17)18)19(26,7-21)15(18)25/h9-14,21-24,26-27H,3-8H2,1-2H3/t9-,10+,11+,12+,13-,14+,17+,18+,19+,20-/m1/s1.